The molecule has 0 saturated carbocycles. The second-order valence-electron chi connectivity index (χ2n) is 6.67. The average molecular weight is 399 g/mol. The number of aryl methyl sites for hydroxylation is 1. The second kappa shape index (κ2) is 9.05. The maximum atomic E-state index is 12.8. The van der Waals surface area contributed by atoms with Gasteiger partial charge in [0.25, 0.3) is 11.8 Å². The summed E-state index contributed by atoms with van der Waals surface area (Å²) < 4.78 is 11.1. The van der Waals surface area contributed by atoms with Crippen LogP contribution in [0.3, 0.4) is 0 Å². The predicted molar refractivity (Wildman–Crippen MR) is 114 cm³/mol. The smallest absolute Gasteiger partial charge is 0.264 e. The topological polar surface area (TPSA) is 77.2 Å². The van der Waals surface area contributed by atoms with E-state index < -0.39 is 0 Å². The molecular formula is C24H21N3O3. The van der Waals surface area contributed by atoms with Crippen molar-refractivity contribution in [3.63, 3.8) is 0 Å². The molecule has 4 aromatic rings. The summed E-state index contributed by atoms with van der Waals surface area (Å²) in [6, 6.07) is 24.4. The molecule has 1 amide bonds. The highest BCUT2D eigenvalue weighted by Crippen LogP contribution is 2.22. The van der Waals surface area contributed by atoms with Crippen molar-refractivity contribution >= 4 is 11.6 Å². The first kappa shape index (κ1) is 19.4. The van der Waals surface area contributed by atoms with Crippen LogP contribution < -0.4 is 10.1 Å². The zero-order chi connectivity index (χ0) is 20.8. The molecule has 0 aliphatic rings. The van der Waals surface area contributed by atoms with Crippen LogP contribution in [0.2, 0.25) is 0 Å². The zero-order valence-electron chi connectivity index (χ0n) is 16.5. The minimum Gasteiger partial charge on any atom is -0.483 e. The standard InChI is InChI=1S/C24H21N3O3/c1-2-17-9-8-12-19(15-17)25-24(28)20-13-6-7-14-21(20)29-16-22-26-23(27-30-22)18-10-4-3-5-11-18/h3-15H,2,16H2,1H3,(H,25,28). The minimum atomic E-state index is -0.241. The SMILES string of the molecule is CCc1cccc(NC(=O)c2ccccc2OCc2nc(-c3ccccc3)no2)c1. The Labute approximate surface area is 174 Å². The van der Waals surface area contributed by atoms with Crippen molar-refractivity contribution in [2.75, 3.05) is 5.32 Å². The van der Waals surface area contributed by atoms with Gasteiger partial charge in [0.15, 0.2) is 6.61 Å². The van der Waals surface area contributed by atoms with E-state index in [0.29, 0.717) is 23.0 Å². The number of ether oxygens (including phenoxy) is 1. The molecule has 0 spiro atoms. The lowest BCUT2D eigenvalue weighted by Crippen LogP contribution is -2.13. The Kier molecular flexibility index (Phi) is 5.85. The molecule has 6 nitrogen and oxygen atoms in total. The first-order chi connectivity index (χ1) is 14.7. The Hall–Kier alpha value is -3.93. The highest BCUT2D eigenvalue weighted by Gasteiger charge is 2.15. The lowest BCUT2D eigenvalue weighted by molar-refractivity contribution is 0.102. The van der Waals surface area contributed by atoms with Gasteiger partial charge in [-0.3, -0.25) is 4.79 Å². The van der Waals surface area contributed by atoms with Crippen LogP contribution in [0.5, 0.6) is 5.75 Å². The van der Waals surface area contributed by atoms with Crippen LogP contribution in [-0.2, 0) is 13.0 Å². The normalized spacial score (nSPS) is 10.6. The van der Waals surface area contributed by atoms with Crippen molar-refractivity contribution in [3.8, 4) is 17.1 Å². The van der Waals surface area contributed by atoms with E-state index in [0.717, 1.165) is 23.2 Å². The van der Waals surface area contributed by atoms with Crippen LogP contribution in [0.15, 0.2) is 83.4 Å². The van der Waals surface area contributed by atoms with Gasteiger partial charge in [-0.25, -0.2) is 0 Å². The van der Waals surface area contributed by atoms with Crippen LogP contribution in [0.4, 0.5) is 5.69 Å². The van der Waals surface area contributed by atoms with Crippen molar-refractivity contribution < 1.29 is 14.1 Å². The number of amides is 1. The molecule has 0 atom stereocenters. The molecule has 0 unspecified atom stereocenters. The molecular weight excluding hydrogens is 378 g/mol. The van der Waals surface area contributed by atoms with E-state index in [1.807, 2.05) is 60.7 Å². The fourth-order valence-corrected chi connectivity index (χ4v) is 3.00. The average Bonchev–Trinajstić information content (AvgIpc) is 3.28. The summed E-state index contributed by atoms with van der Waals surface area (Å²) in [5.74, 6) is 1.03. The van der Waals surface area contributed by atoms with Crippen LogP contribution >= 0.6 is 0 Å². The summed E-state index contributed by atoms with van der Waals surface area (Å²) in [6.45, 7) is 2.14. The molecule has 0 saturated heterocycles. The van der Waals surface area contributed by atoms with Gasteiger partial charge in [0.05, 0.1) is 5.56 Å². The number of nitrogens with one attached hydrogen (secondary N) is 1. The first-order valence-corrected chi connectivity index (χ1v) is 9.73. The third kappa shape index (κ3) is 4.55. The van der Waals surface area contributed by atoms with Gasteiger partial charge in [-0.05, 0) is 36.2 Å². The van der Waals surface area contributed by atoms with E-state index in [4.69, 9.17) is 9.26 Å². The molecule has 1 aromatic heterocycles. The first-order valence-electron chi connectivity index (χ1n) is 9.73. The van der Waals surface area contributed by atoms with Gasteiger partial charge < -0.3 is 14.6 Å². The number of carbonyl (C=O) groups is 1. The molecule has 0 fully saturated rings. The number of nitrogens with zero attached hydrogens (tertiary/aromatic N) is 2. The predicted octanol–water partition coefficient (Wildman–Crippen LogP) is 5.13. The van der Waals surface area contributed by atoms with Crippen LogP contribution in [0.1, 0.15) is 28.7 Å². The molecule has 1 heterocycles. The van der Waals surface area contributed by atoms with E-state index in [-0.39, 0.29) is 12.5 Å². The van der Waals surface area contributed by atoms with Gasteiger partial charge in [-0.2, -0.15) is 4.98 Å². The Bertz CT molecular complexity index is 1140. The van der Waals surface area contributed by atoms with E-state index in [9.17, 15) is 4.79 Å². The number of aromatic nitrogens is 2. The number of rotatable bonds is 7. The van der Waals surface area contributed by atoms with Crippen LogP contribution in [0.25, 0.3) is 11.4 Å². The third-order valence-electron chi connectivity index (χ3n) is 4.58. The number of hydrogen-bond acceptors (Lipinski definition) is 5. The second-order valence-corrected chi connectivity index (χ2v) is 6.67. The lowest BCUT2D eigenvalue weighted by atomic mass is 10.1. The number of benzene rings is 3. The van der Waals surface area contributed by atoms with Crippen molar-refractivity contribution in [2.45, 2.75) is 20.0 Å². The summed E-state index contributed by atoms with van der Waals surface area (Å²) in [6.07, 6.45) is 0.901. The van der Waals surface area contributed by atoms with Crippen molar-refractivity contribution in [1.29, 1.82) is 0 Å². The summed E-state index contributed by atoms with van der Waals surface area (Å²) in [4.78, 5) is 17.1. The lowest BCUT2D eigenvalue weighted by Gasteiger charge is -2.11. The molecule has 0 bridgehead atoms. The molecule has 6 heteroatoms. The summed E-state index contributed by atoms with van der Waals surface area (Å²) >= 11 is 0. The highest BCUT2D eigenvalue weighted by molar-refractivity contribution is 6.06. The Morgan fingerprint density at radius 3 is 2.63 bits per heavy atom. The van der Waals surface area contributed by atoms with Gasteiger partial charge in [-0.1, -0.05) is 66.7 Å². The largest absolute Gasteiger partial charge is 0.483 e. The molecule has 0 radical (unpaired) electrons. The number of para-hydroxylation sites is 1. The number of anilines is 1. The maximum Gasteiger partial charge on any atom is 0.264 e. The fraction of sp³-hybridized carbons (Fsp3) is 0.125. The maximum absolute atomic E-state index is 12.8. The van der Waals surface area contributed by atoms with E-state index in [1.165, 1.54) is 0 Å². The molecule has 1 N–H and O–H groups in total. The van der Waals surface area contributed by atoms with Crippen molar-refractivity contribution in [3.05, 3.63) is 95.9 Å². The minimum absolute atomic E-state index is 0.0649. The van der Waals surface area contributed by atoms with Gasteiger partial charge in [0.2, 0.25) is 5.82 Å². The van der Waals surface area contributed by atoms with Gasteiger partial charge >= 0.3 is 0 Å². The summed E-state index contributed by atoms with van der Waals surface area (Å²) in [5.41, 5.74) is 3.20. The van der Waals surface area contributed by atoms with E-state index in [1.54, 1.807) is 18.2 Å². The Morgan fingerprint density at radius 1 is 1.00 bits per heavy atom. The Morgan fingerprint density at radius 2 is 1.80 bits per heavy atom. The summed E-state index contributed by atoms with van der Waals surface area (Å²) in [5, 5.41) is 6.91. The van der Waals surface area contributed by atoms with Gasteiger partial charge in [0.1, 0.15) is 5.75 Å². The molecule has 150 valence electrons. The van der Waals surface area contributed by atoms with Gasteiger partial charge in [0, 0.05) is 11.3 Å². The molecule has 30 heavy (non-hydrogen) atoms. The zero-order valence-corrected chi connectivity index (χ0v) is 16.5. The number of carbonyl (C=O) groups excluding carboxylic acids is 1. The van der Waals surface area contributed by atoms with Crippen LogP contribution in [0, 0.1) is 0 Å². The van der Waals surface area contributed by atoms with E-state index in [2.05, 4.69) is 22.4 Å². The van der Waals surface area contributed by atoms with Crippen LogP contribution in [-0.4, -0.2) is 16.0 Å². The fourth-order valence-electron chi connectivity index (χ4n) is 3.00. The van der Waals surface area contributed by atoms with Crippen molar-refractivity contribution in [2.24, 2.45) is 0 Å². The van der Waals surface area contributed by atoms with Gasteiger partial charge in [-0.15, -0.1) is 0 Å². The molecule has 0 aliphatic heterocycles. The molecule has 0 aliphatic carbocycles. The molecule has 4 rings (SSSR count). The highest BCUT2D eigenvalue weighted by atomic mass is 16.5. The Balaban J connectivity index is 1.46. The quantitative estimate of drug-likeness (QED) is 0.466. The van der Waals surface area contributed by atoms with E-state index >= 15 is 0 Å². The monoisotopic (exact) mass is 399 g/mol. The number of hydrogen-bond donors (Lipinski definition) is 1. The summed E-state index contributed by atoms with van der Waals surface area (Å²) in [7, 11) is 0. The third-order valence-corrected chi connectivity index (χ3v) is 4.58. The molecule has 3 aromatic carbocycles. The van der Waals surface area contributed by atoms with Crippen molar-refractivity contribution in [1.82, 2.24) is 10.1 Å².